The van der Waals surface area contributed by atoms with E-state index in [1.54, 1.807) is 0 Å². The van der Waals surface area contributed by atoms with Crippen LogP contribution in [0, 0.1) is 35.8 Å². The van der Waals surface area contributed by atoms with Crippen molar-refractivity contribution in [1.82, 2.24) is 29.9 Å². The molecular weight excluding hydrogens is 819 g/mol. The fourth-order valence-electron chi connectivity index (χ4n) is 6.77. The first kappa shape index (κ1) is 42.0. The van der Waals surface area contributed by atoms with Gasteiger partial charge in [0.05, 0.1) is 39.8 Å². The number of carbonyl (C=O) groups is 1. The number of nitrogens with zero attached hydrogens (tertiary/aromatic N) is 5. The van der Waals surface area contributed by atoms with Crippen molar-refractivity contribution in [2.75, 3.05) is 17.7 Å². The molecule has 3 N–H and O–H groups in total. The average Bonchev–Trinajstić information content (AvgIpc) is 3.75. The Bertz CT molecular complexity index is 2660. The quantitative estimate of drug-likeness (QED) is 0.102. The maximum absolute atomic E-state index is 15.3. The Balaban J connectivity index is 1.55. The summed E-state index contributed by atoms with van der Waals surface area (Å²) in [5, 5.41) is 21.0. The Kier molecular flexibility index (Phi) is 11.3. The zero-order valence-electron chi connectivity index (χ0n) is 30.5. The molecule has 3 heterocycles. The summed E-state index contributed by atoms with van der Waals surface area (Å²) >= 11 is 6.55. The van der Waals surface area contributed by atoms with Crippen molar-refractivity contribution in [2.24, 2.45) is 7.05 Å². The summed E-state index contributed by atoms with van der Waals surface area (Å²) < 4.78 is 130. The van der Waals surface area contributed by atoms with E-state index in [1.807, 2.05) is 0 Å². The molecule has 5 aromatic rings. The number of benzene rings is 2. The van der Waals surface area contributed by atoms with Crippen molar-refractivity contribution in [2.45, 2.75) is 56.2 Å². The van der Waals surface area contributed by atoms with Gasteiger partial charge in [-0.15, -0.1) is 6.42 Å². The number of anilines is 1. The van der Waals surface area contributed by atoms with E-state index in [1.165, 1.54) is 36.0 Å². The number of hydrogen-bond donors (Lipinski definition) is 3. The Morgan fingerprint density at radius 3 is 2.41 bits per heavy atom. The molecule has 0 radical (unpaired) electrons. The summed E-state index contributed by atoms with van der Waals surface area (Å²) in [6.45, 7) is -1.20. The highest BCUT2D eigenvalue weighted by Gasteiger charge is 2.51. The molecule has 1 aliphatic rings. The van der Waals surface area contributed by atoms with E-state index in [9.17, 15) is 40.3 Å². The van der Waals surface area contributed by atoms with Crippen LogP contribution in [0.3, 0.4) is 0 Å². The highest BCUT2D eigenvalue weighted by atomic mass is 35.5. The standard InChI is InChI=1S/C38H31ClF7N7O4S/c1-5-20-16-38(45,46)34-29(20)32(35(43)44)49-53(34)17-28(54)48-27(14-19-12-21(41)15-22(42)13-19)31-24(7-6-23(47-31)10-11-37(2,55)18-40)25-8-9-26(39)30-33(25)52(3)50-36(30)51-58(4,56)57/h1,6-9,12-13,15,20,27,35,55H,14,16-18H2,2-4H3,(H,48,54)(H,50,51)/t20-,27-,37?/m0/s1. The number of pyridine rings is 1. The molecule has 1 aliphatic carbocycles. The van der Waals surface area contributed by atoms with Gasteiger partial charge in [0.25, 0.3) is 12.3 Å². The molecule has 2 aromatic carbocycles. The lowest BCUT2D eigenvalue weighted by Gasteiger charge is -2.23. The van der Waals surface area contributed by atoms with E-state index in [2.05, 4.69) is 43.0 Å². The molecular formula is C38H31ClF7N7O4S. The SMILES string of the molecule is C#C[C@H]1CC(F)(F)c2c1c(C(F)F)nn2CC(=O)N[C@@H](Cc1cc(F)cc(F)c1)c1nc(C#CC(C)(O)CF)ccc1-c1ccc(Cl)c2c(NS(C)(=O)=O)nn(C)c12. The van der Waals surface area contributed by atoms with Gasteiger partial charge in [-0.05, 0) is 55.2 Å². The van der Waals surface area contributed by atoms with Crippen molar-refractivity contribution in [1.29, 1.82) is 0 Å². The van der Waals surface area contributed by atoms with E-state index >= 15 is 8.78 Å². The monoisotopic (exact) mass is 849 g/mol. The number of sulfonamides is 1. The van der Waals surface area contributed by atoms with E-state index in [0.29, 0.717) is 10.7 Å². The van der Waals surface area contributed by atoms with Crippen molar-refractivity contribution >= 4 is 44.3 Å². The van der Waals surface area contributed by atoms with Gasteiger partial charge in [0, 0.05) is 36.2 Å². The van der Waals surface area contributed by atoms with Crippen LogP contribution in [0.1, 0.15) is 65.6 Å². The van der Waals surface area contributed by atoms with Crippen molar-refractivity contribution in [3.63, 3.8) is 0 Å². The van der Waals surface area contributed by atoms with Crippen LogP contribution in [-0.4, -0.2) is 62.5 Å². The topological polar surface area (TPSA) is 144 Å². The fourth-order valence-corrected chi connectivity index (χ4v) is 7.50. The third-order valence-electron chi connectivity index (χ3n) is 9.06. The highest BCUT2D eigenvalue weighted by Crippen LogP contribution is 2.51. The van der Waals surface area contributed by atoms with Crippen LogP contribution < -0.4 is 10.0 Å². The highest BCUT2D eigenvalue weighted by molar-refractivity contribution is 7.92. The maximum Gasteiger partial charge on any atom is 0.291 e. The van der Waals surface area contributed by atoms with E-state index < -0.39 is 100 Å². The summed E-state index contributed by atoms with van der Waals surface area (Å²) in [5.41, 5.74) is -4.18. The van der Waals surface area contributed by atoms with E-state index in [-0.39, 0.29) is 49.8 Å². The third-order valence-corrected chi connectivity index (χ3v) is 9.94. The van der Waals surface area contributed by atoms with Crippen LogP contribution in [0.4, 0.5) is 36.6 Å². The lowest BCUT2D eigenvalue weighted by molar-refractivity contribution is -0.122. The second kappa shape index (κ2) is 15.6. The molecule has 20 heteroatoms. The average molecular weight is 850 g/mol. The summed E-state index contributed by atoms with van der Waals surface area (Å²) in [7, 11) is -2.39. The number of rotatable bonds is 11. The molecule has 6 rings (SSSR count). The van der Waals surface area contributed by atoms with E-state index in [0.717, 1.165) is 25.3 Å². The number of aryl methyl sites for hydroxylation is 1. The van der Waals surface area contributed by atoms with Crippen LogP contribution in [0.2, 0.25) is 5.02 Å². The number of amides is 1. The number of halogens is 8. The molecule has 0 spiro atoms. The second-order valence-electron chi connectivity index (χ2n) is 13.8. The predicted octanol–water partition coefficient (Wildman–Crippen LogP) is 6.46. The molecule has 1 unspecified atom stereocenters. The van der Waals surface area contributed by atoms with Crippen LogP contribution in [0.25, 0.3) is 22.0 Å². The smallest absolute Gasteiger partial charge is 0.291 e. The number of hydrogen-bond acceptors (Lipinski definition) is 7. The minimum absolute atomic E-state index is 0.0304. The largest absolute Gasteiger partial charge is 0.375 e. The van der Waals surface area contributed by atoms with Gasteiger partial charge >= 0.3 is 0 Å². The van der Waals surface area contributed by atoms with Gasteiger partial charge in [-0.1, -0.05) is 29.5 Å². The Labute approximate surface area is 331 Å². The van der Waals surface area contributed by atoms with Crippen LogP contribution in [-0.2, 0) is 40.8 Å². The number of terminal acetylenes is 1. The van der Waals surface area contributed by atoms with Gasteiger partial charge in [0.2, 0.25) is 15.9 Å². The van der Waals surface area contributed by atoms with Gasteiger partial charge in [-0.3, -0.25) is 18.9 Å². The first-order chi connectivity index (χ1) is 27.1. The normalized spacial score (nSPS) is 16.3. The molecule has 11 nitrogen and oxygen atoms in total. The molecule has 3 aromatic heterocycles. The molecule has 0 aliphatic heterocycles. The molecule has 1 amide bonds. The number of fused-ring (bicyclic) bond motifs is 2. The molecule has 0 bridgehead atoms. The molecule has 304 valence electrons. The number of aromatic nitrogens is 5. The zero-order chi connectivity index (χ0) is 42.5. The molecule has 0 saturated carbocycles. The Hall–Kier alpha value is -5.63. The predicted molar refractivity (Wildman–Crippen MR) is 199 cm³/mol. The first-order valence-corrected chi connectivity index (χ1v) is 19.3. The van der Waals surface area contributed by atoms with Crippen LogP contribution in [0.5, 0.6) is 0 Å². The van der Waals surface area contributed by atoms with Gasteiger partial charge in [0.15, 0.2) is 11.4 Å². The summed E-state index contributed by atoms with van der Waals surface area (Å²) in [5.74, 6) is -1.38. The first-order valence-electron chi connectivity index (χ1n) is 17.0. The second-order valence-corrected chi connectivity index (χ2v) is 15.9. The third kappa shape index (κ3) is 8.62. The number of aliphatic hydroxyl groups is 1. The lowest BCUT2D eigenvalue weighted by atomic mass is 9.93. The summed E-state index contributed by atoms with van der Waals surface area (Å²) in [4.78, 5) is 18.5. The Morgan fingerprint density at radius 2 is 1.79 bits per heavy atom. The molecule has 0 saturated heterocycles. The van der Waals surface area contributed by atoms with Crippen molar-refractivity contribution in [3.8, 4) is 35.3 Å². The molecule has 0 fully saturated rings. The van der Waals surface area contributed by atoms with Gasteiger partial charge in [0.1, 0.15) is 41.9 Å². The van der Waals surface area contributed by atoms with Crippen molar-refractivity contribution < 1.29 is 49.1 Å². The van der Waals surface area contributed by atoms with E-state index in [4.69, 9.17) is 18.0 Å². The molecule has 58 heavy (non-hydrogen) atoms. The fraction of sp³-hybridized carbons (Fsp3) is 0.316. The summed E-state index contributed by atoms with van der Waals surface area (Å²) in [6, 6.07) is 6.85. The maximum atomic E-state index is 15.3. The zero-order valence-corrected chi connectivity index (χ0v) is 32.1. The minimum Gasteiger partial charge on any atom is -0.375 e. The van der Waals surface area contributed by atoms with Gasteiger partial charge < -0.3 is 10.4 Å². The summed E-state index contributed by atoms with van der Waals surface area (Å²) in [6.07, 6.45) is 1.55. The number of carbonyl (C=O) groups excluding carboxylic acids is 1. The Morgan fingerprint density at radius 1 is 1.12 bits per heavy atom. The van der Waals surface area contributed by atoms with Crippen molar-refractivity contribution in [3.05, 3.63) is 93.0 Å². The minimum atomic E-state index is -3.87. The number of nitrogens with one attached hydrogen (secondary N) is 2. The number of alkyl halides is 5. The van der Waals surface area contributed by atoms with Gasteiger partial charge in [-0.25, -0.2) is 35.4 Å². The van der Waals surface area contributed by atoms with Crippen LogP contribution in [0.15, 0.2) is 42.5 Å². The lowest BCUT2D eigenvalue weighted by Crippen LogP contribution is -2.35. The molecule has 3 atom stereocenters. The van der Waals surface area contributed by atoms with Gasteiger partial charge in [-0.2, -0.15) is 19.0 Å². The van der Waals surface area contributed by atoms with Crippen LogP contribution >= 0.6 is 11.6 Å².